The van der Waals surface area contributed by atoms with Crippen molar-refractivity contribution in [3.05, 3.63) is 27.9 Å². The number of hydrogen-bond acceptors (Lipinski definition) is 3. The van der Waals surface area contributed by atoms with Crippen LogP contribution < -0.4 is 10.9 Å². The van der Waals surface area contributed by atoms with E-state index in [1.165, 1.54) is 38.5 Å². The van der Waals surface area contributed by atoms with E-state index in [0.29, 0.717) is 18.5 Å². The van der Waals surface area contributed by atoms with Crippen LogP contribution in [0.4, 0.5) is 0 Å². The van der Waals surface area contributed by atoms with Gasteiger partial charge < -0.3 is 10.3 Å². The summed E-state index contributed by atoms with van der Waals surface area (Å²) < 4.78 is 0. The van der Waals surface area contributed by atoms with Crippen molar-refractivity contribution in [3.8, 4) is 0 Å². The molecule has 0 atom stereocenters. The number of hydrogen-bond donors (Lipinski definition) is 2. The van der Waals surface area contributed by atoms with Crippen molar-refractivity contribution < 1.29 is 0 Å². The molecular weight excluding hydrogens is 214 g/mol. The standard InChI is InChI=1S/C13H19N3O/c17-13-10(7-14-11-5-6-11)8-15-12(16-13)9-3-1-2-4-9/h8-9,11,14H,1-7H2,(H,15,16,17). The van der Waals surface area contributed by atoms with Gasteiger partial charge in [0.1, 0.15) is 5.82 Å². The first kappa shape index (κ1) is 11.0. The summed E-state index contributed by atoms with van der Waals surface area (Å²) in [6, 6.07) is 0.629. The smallest absolute Gasteiger partial charge is 0.255 e. The van der Waals surface area contributed by atoms with E-state index in [2.05, 4.69) is 15.3 Å². The van der Waals surface area contributed by atoms with Crippen LogP contribution in [0.2, 0.25) is 0 Å². The number of nitrogens with one attached hydrogen (secondary N) is 2. The van der Waals surface area contributed by atoms with E-state index in [-0.39, 0.29) is 5.56 Å². The Balaban J connectivity index is 1.71. The second kappa shape index (κ2) is 4.61. The van der Waals surface area contributed by atoms with Crippen LogP contribution in [-0.4, -0.2) is 16.0 Å². The highest BCUT2D eigenvalue weighted by Gasteiger charge is 2.22. The van der Waals surface area contributed by atoms with Gasteiger partial charge in [-0.05, 0) is 25.7 Å². The molecule has 0 unspecified atom stereocenters. The van der Waals surface area contributed by atoms with E-state index in [0.717, 1.165) is 11.4 Å². The average molecular weight is 233 g/mol. The Hall–Kier alpha value is -1.16. The number of aromatic nitrogens is 2. The molecule has 4 nitrogen and oxygen atoms in total. The minimum absolute atomic E-state index is 0.0371. The molecule has 2 N–H and O–H groups in total. The molecule has 0 aliphatic heterocycles. The van der Waals surface area contributed by atoms with Gasteiger partial charge in [0.05, 0.1) is 0 Å². The Kier molecular flexibility index (Phi) is 2.97. The zero-order valence-electron chi connectivity index (χ0n) is 10.0. The van der Waals surface area contributed by atoms with Crippen molar-refractivity contribution in [1.82, 2.24) is 15.3 Å². The lowest BCUT2D eigenvalue weighted by atomic mass is 10.1. The van der Waals surface area contributed by atoms with Crippen LogP contribution in [0, 0.1) is 0 Å². The Morgan fingerprint density at radius 3 is 2.71 bits per heavy atom. The quantitative estimate of drug-likeness (QED) is 0.832. The average Bonchev–Trinajstić information content (AvgIpc) is 3.00. The maximum Gasteiger partial charge on any atom is 0.255 e. The Bertz CT molecular complexity index is 444. The van der Waals surface area contributed by atoms with E-state index in [1.54, 1.807) is 6.20 Å². The lowest BCUT2D eigenvalue weighted by Gasteiger charge is -2.08. The Morgan fingerprint density at radius 1 is 1.29 bits per heavy atom. The normalized spacial score (nSPS) is 20.9. The minimum atomic E-state index is 0.0371. The van der Waals surface area contributed by atoms with Gasteiger partial charge in [0, 0.05) is 30.3 Å². The third kappa shape index (κ3) is 2.57. The summed E-state index contributed by atoms with van der Waals surface area (Å²) in [5.41, 5.74) is 0.800. The van der Waals surface area contributed by atoms with Crippen molar-refractivity contribution >= 4 is 0 Å². The zero-order chi connectivity index (χ0) is 11.7. The molecule has 0 radical (unpaired) electrons. The Labute approximate surface area is 101 Å². The van der Waals surface area contributed by atoms with E-state index in [9.17, 15) is 4.79 Å². The third-order valence-corrected chi connectivity index (χ3v) is 3.79. The molecule has 2 aliphatic carbocycles. The third-order valence-electron chi connectivity index (χ3n) is 3.79. The molecule has 1 aromatic rings. The highest BCUT2D eigenvalue weighted by molar-refractivity contribution is 5.09. The highest BCUT2D eigenvalue weighted by atomic mass is 16.1. The van der Waals surface area contributed by atoms with Gasteiger partial charge in [-0.1, -0.05) is 12.8 Å². The predicted octanol–water partition coefficient (Wildman–Crippen LogP) is 1.68. The maximum absolute atomic E-state index is 11.9. The number of nitrogens with zero attached hydrogens (tertiary/aromatic N) is 1. The van der Waals surface area contributed by atoms with Crippen molar-refractivity contribution in [3.63, 3.8) is 0 Å². The molecule has 92 valence electrons. The van der Waals surface area contributed by atoms with Gasteiger partial charge in [-0.15, -0.1) is 0 Å². The van der Waals surface area contributed by atoms with Crippen LogP contribution in [0.15, 0.2) is 11.0 Å². The van der Waals surface area contributed by atoms with E-state index in [1.807, 2.05) is 0 Å². The fourth-order valence-electron chi connectivity index (χ4n) is 2.51. The molecule has 1 aromatic heterocycles. The summed E-state index contributed by atoms with van der Waals surface area (Å²) >= 11 is 0. The first-order chi connectivity index (χ1) is 8.33. The van der Waals surface area contributed by atoms with Crippen molar-refractivity contribution in [2.45, 2.75) is 57.0 Å². The number of H-pyrrole nitrogens is 1. The SMILES string of the molecule is O=c1[nH]c(C2CCCC2)ncc1CNC1CC1. The second-order valence-electron chi connectivity index (χ2n) is 5.26. The summed E-state index contributed by atoms with van der Waals surface area (Å²) in [5.74, 6) is 1.37. The van der Waals surface area contributed by atoms with Crippen molar-refractivity contribution in [1.29, 1.82) is 0 Å². The summed E-state index contributed by atoms with van der Waals surface area (Å²) in [7, 11) is 0. The largest absolute Gasteiger partial charge is 0.310 e. The molecular formula is C13H19N3O. The van der Waals surface area contributed by atoms with Crippen LogP contribution in [0.3, 0.4) is 0 Å². The molecule has 0 bridgehead atoms. The van der Waals surface area contributed by atoms with Gasteiger partial charge in [-0.2, -0.15) is 0 Å². The lowest BCUT2D eigenvalue weighted by molar-refractivity contribution is 0.645. The summed E-state index contributed by atoms with van der Waals surface area (Å²) in [6.07, 6.45) is 9.10. The van der Waals surface area contributed by atoms with Crippen LogP contribution >= 0.6 is 0 Å². The van der Waals surface area contributed by atoms with E-state index < -0.39 is 0 Å². The van der Waals surface area contributed by atoms with Crippen molar-refractivity contribution in [2.75, 3.05) is 0 Å². The molecule has 2 saturated carbocycles. The van der Waals surface area contributed by atoms with Gasteiger partial charge in [-0.3, -0.25) is 4.79 Å². The minimum Gasteiger partial charge on any atom is -0.310 e. The Morgan fingerprint density at radius 2 is 2.06 bits per heavy atom. The van der Waals surface area contributed by atoms with Gasteiger partial charge in [0.25, 0.3) is 5.56 Å². The number of aromatic amines is 1. The van der Waals surface area contributed by atoms with Crippen molar-refractivity contribution in [2.24, 2.45) is 0 Å². The topological polar surface area (TPSA) is 57.8 Å². The van der Waals surface area contributed by atoms with E-state index >= 15 is 0 Å². The van der Waals surface area contributed by atoms with Crippen LogP contribution in [0.25, 0.3) is 0 Å². The molecule has 2 fully saturated rings. The van der Waals surface area contributed by atoms with Gasteiger partial charge in [-0.25, -0.2) is 4.98 Å². The molecule has 0 aromatic carbocycles. The molecule has 0 spiro atoms. The summed E-state index contributed by atoms with van der Waals surface area (Å²) in [5, 5.41) is 3.34. The summed E-state index contributed by atoms with van der Waals surface area (Å²) in [4.78, 5) is 19.3. The molecule has 17 heavy (non-hydrogen) atoms. The zero-order valence-corrected chi connectivity index (χ0v) is 10.0. The van der Waals surface area contributed by atoms with Gasteiger partial charge >= 0.3 is 0 Å². The first-order valence-electron chi connectivity index (χ1n) is 6.64. The highest BCUT2D eigenvalue weighted by Crippen LogP contribution is 2.31. The molecule has 3 rings (SSSR count). The maximum atomic E-state index is 11.9. The van der Waals surface area contributed by atoms with Crippen LogP contribution in [0.5, 0.6) is 0 Å². The molecule has 0 saturated heterocycles. The molecule has 4 heteroatoms. The molecule has 0 amide bonds. The van der Waals surface area contributed by atoms with Gasteiger partial charge in [0.2, 0.25) is 0 Å². The summed E-state index contributed by atoms with van der Waals surface area (Å²) in [6.45, 7) is 0.651. The monoisotopic (exact) mass is 233 g/mol. The number of rotatable bonds is 4. The van der Waals surface area contributed by atoms with Crippen LogP contribution in [0.1, 0.15) is 55.8 Å². The molecule has 2 aliphatic rings. The molecule has 1 heterocycles. The predicted molar refractivity (Wildman–Crippen MR) is 65.9 cm³/mol. The van der Waals surface area contributed by atoms with Gasteiger partial charge in [0.15, 0.2) is 0 Å². The van der Waals surface area contributed by atoms with Crippen LogP contribution in [-0.2, 0) is 6.54 Å². The lowest BCUT2D eigenvalue weighted by Crippen LogP contribution is -2.24. The fraction of sp³-hybridized carbons (Fsp3) is 0.692. The second-order valence-corrected chi connectivity index (χ2v) is 5.26. The van der Waals surface area contributed by atoms with E-state index in [4.69, 9.17) is 0 Å². The fourth-order valence-corrected chi connectivity index (χ4v) is 2.51. The first-order valence-corrected chi connectivity index (χ1v) is 6.64.